The monoisotopic (exact) mass is 390 g/mol. The van der Waals surface area contributed by atoms with Crippen molar-refractivity contribution in [3.63, 3.8) is 0 Å². The second-order valence-electron chi connectivity index (χ2n) is 7.34. The molecule has 0 spiro atoms. The van der Waals surface area contributed by atoms with Crippen LogP contribution in [-0.4, -0.2) is 45.1 Å². The fraction of sp³-hybridized carbons (Fsp3) is 0.682. The Morgan fingerprint density at radius 2 is 1.89 bits per heavy atom. The predicted octanol–water partition coefficient (Wildman–Crippen LogP) is 1.96. The molecule has 1 rings (SSSR count). The van der Waals surface area contributed by atoms with Gasteiger partial charge in [-0.05, 0) is 12.8 Å². The average Bonchev–Trinajstić information content (AvgIpc) is 2.89. The van der Waals surface area contributed by atoms with Gasteiger partial charge in [-0.2, -0.15) is 0 Å². The summed E-state index contributed by atoms with van der Waals surface area (Å²) in [6.07, 6.45) is 0.458. The van der Waals surface area contributed by atoms with E-state index in [2.05, 4.69) is 23.7 Å². The fourth-order valence-corrected chi connectivity index (χ4v) is 3.13. The van der Waals surface area contributed by atoms with Gasteiger partial charge in [-0.25, -0.2) is 0 Å². The quantitative estimate of drug-likeness (QED) is 0.410. The summed E-state index contributed by atoms with van der Waals surface area (Å²) in [5.74, 6) is 8.72. The number of carboxylic acids is 1. The molecule has 3 N–H and O–H groups in total. The SMILES string of the molecule is CCC#CC[C@H](C)[C@H](O)C#C[C@H]1[C@H](O)CC(=O)[C@@H]1CC(=O)CCCCC(=O)O. The van der Waals surface area contributed by atoms with Gasteiger partial charge in [0.2, 0.25) is 0 Å². The molecule has 0 amide bonds. The molecule has 0 aromatic heterocycles. The Hall–Kier alpha value is -2.15. The van der Waals surface area contributed by atoms with Crippen molar-refractivity contribution >= 4 is 17.5 Å². The van der Waals surface area contributed by atoms with E-state index in [0.29, 0.717) is 19.3 Å². The molecule has 154 valence electrons. The lowest BCUT2D eigenvalue weighted by molar-refractivity contribution is -0.137. The molecule has 6 heteroatoms. The van der Waals surface area contributed by atoms with Crippen LogP contribution >= 0.6 is 0 Å². The second kappa shape index (κ2) is 12.3. The molecule has 0 aromatic carbocycles. The van der Waals surface area contributed by atoms with Crippen molar-refractivity contribution in [2.45, 2.75) is 77.4 Å². The minimum absolute atomic E-state index is 0.00403. The standard InChI is InChI=1S/C22H30O6/c1-3-4-5-8-15(2)19(24)12-11-17-18(21(26)14-20(17)25)13-16(23)9-6-7-10-22(27)28/h15,17-20,24-25H,3,6-10,13-14H2,1-2H3,(H,27,28)/t15-,17+,18+,19+,20+/m0/s1. The lowest BCUT2D eigenvalue weighted by Crippen LogP contribution is -2.23. The zero-order valence-corrected chi connectivity index (χ0v) is 16.6. The van der Waals surface area contributed by atoms with Crippen molar-refractivity contribution in [2.24, 2.45) is 17.8 Å². The zero-order valence-electron chi connectivity index (χ0n) is 16.6. The summed E-state index contributed by atoms with van der Waals surface area (Å²) >= 11 is 0. The van der Waals surface area contributed by atoms with E-state index in [9.17, 15) is 24.6 Å². The van der Waals surface area contributed by atoms with E-state index in [-0.39, 0.29) is 43.2 Å². The number of ketones is 2. The summed E-state index contributed by atoms with van der Waals surface area (Å²) in [6.45, 7) is 3.78. The summed E-state index contributed by atoms with van der Waals surface area (Å²) in [7, 11) is 0. The van der Waals surface area contributed by atoms with Crippen molar-refractivity contribution in [1.82, 2.24) is 0 Å². The van der Waals surface area contributed by atoms with Crippen molar-refractivity contribution in [1.29, 1.82) is 0 Å². The molecule has 0 saturated heterocycles. The van der Waals surface area contributed by atoms with Crippen molar-refractivity contribution in [3.8, 4) is 23.7 Å². The average molecular weight is 390 g/mol. The highest BCUT2D eigenvalue weighted by Crippen LogP contribution is 2.32. The Morgan fingerprint density at radius 3 is 2.54 bits per heavy atom. The molecule has 0 aromatic rings. The van der Waals surface area contributed by atoms with Crippen LogP contribution in [0, 0.1) is 41.4 Å². The summed E-state index contributed by atoms with van der Waals surface area (Å²) in [5.41, 5.74) is 0. The van der Waals surface area contributed by atoms with Crippen LogP contribution in [0.1, 0.15) is 65.2 Å². The Bertz CT molecular complexity index is 675. The highest BCUT2D eigenvalue weighted by atomic mass is 16.4. The third-order valence-electron chi connectivity index (χ3n) is 4.88. The third kappa shape index (κ3) is 8.25. The molecule has 0 heterocycles. The number of hydrogen-bond donors (Lipinski definition) is 3. The van der Waals surface area contributed by atoms with E-state index in [1.165, 1.54) is 0 Å². The first-order valence-corrected chi connectivity index (χ1v) is 9.85. The first-order valence-electron chi connectivity index (χ1n) is 9.85. The van der Waals surface area contributed by atoms with Gasteiger partial charge in [-0.1, -0.05) is 25.7 Å². The Balaban J connectivity index is 2.65. The molecule has 0 radical (unpaired) electrons. The number of unbranched alkanes of at least 4 members (excludes halogenated alkanes) is 1. The van der Waals surface area contributed by atoms with E-state index >= 15 is 0 Å². The lowest BCUT2D eigenvalue weighted by Gasteiger charge is -2.16. The van der Waals surface area contributed by atoms with Crippen LogP contribution < -0.4 is 0 Å². The summed E-state index contributed by atoms with van der Waals surface area (Å²) < 4.78 is 0. The topological polar surface area (TPSA) is 112 Å². The maximum atomic E-state index is 12.2. The number of rotatable bonds is 9. The number of Topliss-reactive ketones (excluding diaryl/α,β-unsaturated/α-hetero) is 2. The van der Waals surface area contributed by atoms with Gasteiger partial charge in [-0.3, -0.25) is 14.4 Å². The van der Waals surface area contributed by atoms with Gasteiger partial charge >= 0.3 is 5.97 Å². The van der Waals surface area contributed by atoms with E-state index in [1.807, 2.05) is 13.8 Å². The number of aliphatic carboxylic acids is 1. The molecule has 1 saturated carbocycles. The number of carbonyl (C=O) groups excluding carboxylic acids is 2. The van der Waals surface area contributed by atoms with Gasteiger partial charge in [0.1, 0.15) is 17.7 Å². The highest BCUT2D eigenvalue weighted by molar-refractivity contribution is 5.90. The van der Waals surface area contributed by atoms with Gasteiger partial charge < -0.3 is 15.3 Å². The van der Waals surface area contributed by atoms with Crippen molar-refractivity contribution in [3.05, 3.63) is 0 Å². The van der Waals surface area contributed by atoms with Crippen molar-refractivity contribution < 1.29 is 29.7 Å². The molecule has 28 heavy (non-hydrogen) atoms. The van der Waals surface area contributed by atoms with Crippen LogP contribution in [0.15, 0.2) is 0 Å². The van der Waals surface area contributed by atoms with E-state index in [4.69, 9.17) is 5.11 Å². The second-order valence-corrected chi connectivity index (χ2v) is 7.34. The smallest absolute Gasteiger partial charge is 0.303 e. The molecule has 1 fully saturated rings. The summed E-state index contributed by atoms with van der Waals surface area (Å²) in [6, 6.07) is 0. The van der Waals surface area contributed by atoms with E-state index < -0.39 is 30.0 Å². The van der Waals surface area contributed by atoms with E-state index in [0.717, 1.165) is 6.42 Å². The Morgan fingerprint density at radius 1 is 1.21 bits per heavy atom. The van der Waals surface area contributed by atoms with Gasteiger partial charge in [-0.15, -0.1) is 11.8 Å². The molecular weight excluding hydrogens is 360 g/mol. The van der Waals surface area contributed by atoms with Gasteiger partial charge in [0.05, 0.1) is 12.0 Å². The first kappa shape index (κ1) is 23.9. The fourth-order valence-electron chi connectivity index (χ4n) is 3.13. The maximum Gasteiger partial charge on any atom is 0.303 e. The van der Waals surface area contributed by atoms with Crippen LogP contribution in [0.25, 0.3) is 0 Å². The molecule has 0 aliphatic heterocycles. The molecular formula is C22H30O6. The van der Waals surface area contributed by atoms with Gasteiger partial charge in [0.25, 0.3) is 0 Å². The normalized spacial score (nSPS) is 23.1. The van der Waals surface area contributed by atoms with Crippen LogP contribution in [-0.2, 0) is 14.4 Å². The number of hydrogen-bond acceptors (Lipinski definition) is 5. The predicted molar refractivity (Wildman–Crippen MR) is 104 cm³/mol. The molecule has 1 aliphatic carbocycles. The maximum absolute atomic E-state index is 12.2. The van der Waals surface area contributed by atoms with Crippen LogP contribution in [0.4, 0.5) is 0 Å². The minimum atomic E-state index is -0.938. The molecule has 1 aliphatic rings. The number of carboxylic acid groups (broad SMARTS) is 1. The number of aliphatic hydroxyl groups is 2. The molecule has 0 unspecified atom stereocenters. The Kier molecular flexibility index (Phi) is 10.5. The molecule has 6 nitrogen and oxygen atoms in total. The van der Waals surface area contributed by atoms with Gasteiger partial charge in [0, 0.05) is 50.4 Å². The van der Waals surface area contributed by atoms with Crippen LogP contribution in [0.2, 0.25) is 0 Å². The first-order chi connectivity index (χ1) is 13.3. The number of aliphatic hydroxyl groups excluding tert-OH is 2. The molecule has 5 atom stereocenters. The summed E-state index contributed by atoms with van der Waals surface area (Å²) in [4.78, 5) is 34.8. The van der Waals surface area contributed by atoms with Crippen molar-refractivity contribution in [2.75, 3.05) is 0 Å². The molecule has 0 bridgehead atoms. The highest BCUT2D eigenvalue weighted by Gasteiger charge is 2.41. The van der Waals surface area contributed by atoms with Gasteiger partial charge in [0.15, 0.2) is 0 Å². The minimum Gasteiger partial charge on any atom is -0.481 e. The Labute approximate surface area is 166 Å². The van der Waals surface area contributed by atoms with Crippen LogP contribution in [0.5, 0.6) is 0 Å². The zero-order chi connectivity index (χ0) is 21.1. The summed E-state index contributed by atoms with van der Waals surface area (Å²) in [5, 5.41) is 28.9. The third-order valence-corrected chi connectivity index (χ3v) is 4.88. The lowest BCUT2D eigenvalue weighted by atomic mass is 9.88. The van der Waals surface area contributed by atoms with E-state index in [1.54, 1.807) is 0 Å². The number of carbonyl (C=O) groups is 3. The largest absolute Gasteiger partial charge is 0.481 e. The van der Waals surface area contributed by atoms with Crippen LogP contribution in [0.3, 0.4) is 0 Å².